The third kappa shape index (κ3) is 2210. The molecule has 0 heterocycles. The fourth-order valence-corrected chi connectivity index (χ4v) is 0. The van der Waals surface area contributed by atoms with Crippen LogP contribution in [0.5, 0.6) is 0 Å². The van der Waals surface area contributed by atoms with Gasteiger partial charge in [0, 0.05) is 0 Å². The van der Waals surface area contributed by atoms with E-state index >= 15 is 0 Å². The number of hydrogen-bond donors (Lipinski definition) is 3. The fourth-order valence-electron chi connectivity index (χ4n) is 0. The predicted molar refractivity (Wildman–Crippen MR) is 31.3 cm³/mol. The van der Waals surface area contributed by atoms with Crippen LogP contribution in [-0.4, -0.2) is 5.96 Å². The van der Waals surface area contributed by atoms with Gasteiger partial charge in [0.1, 0.15) is 0 Å². The van der Waals surface area contributed by atoms with Crippen LogP contribution in [0.4, 0.5) is 0 Å². The molecule has 17 heavy (non-hydrogen) atoms. The van der Waals surface area contributed by atoms with Crippen molar-refractivity contribution < 1.29 is 96.9 Å². The van der Waals surface area contributed by atoms with Crippen molar-refractivity contribution in [2.24, 2.45) is 11.5 Å². The SMILES string of the molecule is N=C(N)N.O=P([O-])([O-])[O-].O=P([O-])([O-])[O-].[Zn+2].[Zn+2].[Zn+2]. The van der Waals surface area contributed by atoms with Crippen LogP contribution < -0.4 is 40.8 Å². The molecule has 0 saturated heterocycles. The Labute approximate surface area is 135 Å². The van der Waals surface area contributed by atoms with Crippen molar-refractivity contribution in [2.45, 2.75) is 0 Å². The van der Waals surface area contributed by atoms with E-state index < -0.39 is 15.6 Å². The van der Waals surface area contributed by atoms with Crippen LogP contribution in [0.15, 0.2) is 0 Å². The second-order valence-electron chi connectivity index (χ2n) is 1.35. The number of rotatable bonds is 0. The molecule has 5 N–H and O–H groups in total. The molecule has 0 fully saturated rings. The Morgan fingerprint density at radius 3 is 0.765 bits per heavy atom. The number of guanidine groups is 1. The molecule has 16 heteroatoms. The summed E-state index contributed by atoms with van der Waals surface area (Å²) in [5.74, 6) is -0.333. The first-order chi connectivity index (χ1) is 5.73. The molecule has 88 valence electrons. The second kappa shape index (κ2) is 17.4. The molecule has 0 spiro atoms. The first kappa shape index (κ1) is 36.2. The summed E-state index contributed by atoms with van der Waals surface area (Å²) in [6, 6.07) is 0. The minimum atomic E-state index is -5.39. The van der Waals surface area contributed by atoms with Crippen molar-refractivity contribution in [2.75, 3.05) is 0 Å². The van der Waals surface area contributed by atoms with E-state index in [4.69, 9.17) is 43.9 Å². The van der Waals surface area contributed by atoms with Crippen LogP contribution in [0.3, 0.4) is 0 Å². The van der Waals surface area contributed by atoms with Crippen molar-refractivity contribution >= 4 is 21.6 Å². The van der Waals surface area contributed by atoms with E-state index in [0.717, 1.165) is 0 Å². The number of nitrogens with one attached hydrogen (secondary N) is 1. The Kier molecular flexibility index (Phi) is 37.0. The van der Waals surface area contributed by atoms with E-state index in [0.29, 0.717) is 0 Å². The predicted octanol–water partition coefficient (Wildman–Crippen LogP) is -6.82. The minimum Gasteiger partial charge on any atom is -0.822 e. The molecule has 0 radical (unpaired) electrons. The summed E-state index contributed by atoms with van der Waals surface area (Å²) in [4.78, 5) is 51.3. The van der Waals surface area contributed by atoms with Crippen LogP contribution >= 0.6 is 15.6 Å². The summed E-state index contributed by atoms with van der Waals surface area (Å²) < 4.78 is 17.1. The molecule has 0 atom stereocenters. The molecule has 0 rings (SSSR count). The standard InChI is InChI=1S/CH5N3.2H3O4P.3Zn/c2-1(3)4;2*1-5(2,3)4;;;/h(H5,2,3,4);2*(H3,1,2,3,4);;;/q;;;3*+2/p-6. The van der Waals surface area contributed by atoms with Crippen molar-refractivity contribution in [3.8, 4) is 0 Å². The van der Waals surface area contributed by atoms with Crippen LogP contribution in [0.1, 0.15) is 0 Å². The van der Waals surface area contributed by atoms with Gasteiger partial charge in [0.2, 0.25) is 0 Å². The summed E-state index contributed by atoms with van der Waals surface area (Å²) in [6.07, 6.45) is 0. The van der Waals surface area contributed by atoms with Gasteiger partial charge in [-0.3, -0.25) is 5.41 Å². The normalized spacial score (nSPS) is 8.35. The molecule has 0 amide bonds. The Morgan fingerprint density at radius 2 is 0.765 bits per heavy atom. The van der Waals surface area contributed by atoms with Crippen LogP contribution in [0.2, 0.25) is 0 Å². The van der Waals surface area contributed by atoms with E-state index in [1.165, 1.54) is 0 Å². The third-order valence-electron chi connectivity index (χ3n) is 0. The van der Waals surface area contributed by atoms with Gasteiger partial charge in [0.05, 0.1) is 0 Å². The molecular weight excluding hydrogens is 440 g/mol. The van der Waals surface area contributed by atoms with E-state index in [1.807, 2.05) is 0 Å². The molecule has 0 aromatic rings. The summed E-state index contributed by atoms with van der Waals surface area (Å²) >= 11 is 0. The largest absolute Gasteiger partial charge is 2.00 e. The zero-order valence-electron chi connectivity index (χ0n) is 8.44. The molecule has 0 unspecified atom stereocenters. The number of nitrogens with two attached hydrogens (primary N) is 2. The van der Waals surface area contributed by atoms with Crippen molar-refractivity contribution in [1.82, 2.24) is 0 Å². The monoisotopic (exact) mass is 441 g/mol. The van der Waals surface area contributed by atoms with Gasteiger partial charge in [-0.1, -0.05) is 0 Å². The average molecular weight is 445 g/mol. The van der Waals surface area contributed by atoms with Crippen molar-refractivity contribution in [3.05, 3.63) is 0 Å². The van der Waals surface area contributed by atoms with Gasteiger partial charge in [0.15, 0.2) is 5.96 Å². The van der Waals surface area contributed by atoms with Gasteiger partial charge in [-0.2, -0.15) is 15.6 Å². The fraction of sp³-hybridized carbons (Fsp3) is 0. The summed E-state index contributed by atoms with van der Waals surface area (Å²) in [7, 11) is -10.8. The Balaban J connectivity index is -0.0000000247. The van der Waals surface area contributed by atoms with Crippen LogP contribution in [0.25, 0.3) is 0 Å². The Morgan fingerprint density at radius 1 is 0.765 bits per heavy atom. The molecular formula is CH5N3O8P2Zn3. The quantitative estimate of drug-likeness (QED) is 0.137. The van der Waals surface area contributed by atoms with E-state index in [9.17, 15) is 0 Å². The van der Waals surface area contributed by atoms with Crippen LogP contribution in [0, 0.1) is 5.41 Å². The van der Waals surface area contributed by atoms with Gasteiger partial charge < -0.3 is 50.0 Å². The average Bonchev–Trinajstić information content (AvgIpc) is 1.45. The summed E-state index contributed by atoms with van der Waals surface area (Å²) in [5, 5.41) is 6.06. The molecule has 0 aliphatic carbocycles. The number of hydrogen-bond acceptors (Lipinski definition) is 9. The summed E-state index contributed by atoms with van der Waals surface area (Å²) in [6.45, 7) is 0. The Bertz CT molecular complexity index is 210. The molecule has 0 aromatic heterocycles. The molecule has 0 saturated carbocycles. The van der Waals surface area contributed by atoms with Gasteiger partial charge in [-0.05, 0) is 0 Å². The maximum atomic E-state index is 8.55. The Hall–Kier alpha value is 1.36. The van der Waals surface area contributed by atoms with E-state index in [-0.39, 0.29) is 64.4 Å². The molecule has 0 aliphatic rings. The smallest absolute Gasteiger partial charge is 0.822 e. The second-order valence-corrected chi connectivity index (χ2v) is 3.14. The van der Waals surface area contributed by atoms with Crippen LogP contribution in [-0.2, 0) is 67.6 Å². The molecule has 0 aliphatic heterocycles. The zero-order valence-corrected chi connectivity index (χ0v) is 19.1. The van der Waals surface area contributed by atoms with E-state index in [2.05, 4.69) is 11.5 Å². The van der Waals surface area contributed by atoms with Gasteiger partial charge in [0.25, 0.3) is 0 Å². The van der Waals surface area contributed by atoms with E-state index in [1.54, 1.807) is 0 Å². The minimum absolute atomic E-state index is 0. The molecule has 11 nitrogen and oxygen atoms in total. The third-order valence-corrected chi connectivity index (χ3v) is 0. The van der Waals surface area contributed by atoms with Gasteiger partial charge in [-0.25, -0.2) is 0 Å². The molecule has 0 bridgehead atoms. The van der Waals surface area contributed by atoms with Gasteiger partial charge >= 0.3 is 58.4 Å². The zero-order chi connectivity index (χ0) is 12.6. The van der Waals surface area contributed by atoms with Gasteiger partial charge in [-0.15, -0.1) is 0 Å². The van der Waals surface area contributed by atoms with Crippen molar-refractivity contribution in [3.63, 3.8) is 0 Å². The number of phosphoric acid groups is 2. The summed E-state index contributed by atoms with van der Waals surface area (Å²) in [5.41, 5.74) is 8.94. The molecule has 0 aromatic carbocycles. The maximum absolute atomic E-state index is 8.55. The first-order valence-corrected chi connectivity index (χ1v) is 5.21. The van der Waals surface area contributed by atoms with Crippen molar-refractivity contribution in [1.29, 1.82) is 5.41 Å². The topological polar surface area (TPSA) is 248 Å². The maximum Gasteiger partial charge on any atom is 2.00 e. The first-order valence-electron chi connectivity index (χ1n) is 2.29.